The standard InChI is InChI=1S/C57H36N2S/c1-3-14-37(15-4-1)44-35-52(38-16-5-2-6-17-38)59-53(36-44)43-20-11-19-40(32-43)41-27-29-46-47-30-28-42(45-22-12-18-39-21-13-31-58-56(39)45)34-51(47)57(50(46)33-41)48-23-7-9-25-54(48)60-55-26-10-8-24-49(55)57/h1-36H. The van der Waals surface area contributed by atoms with Gasteiger partial charge in [0.1, 0.15) is 0 Å². The Hall–Kier alpha value is -7.33. The van der Waals surface area contributed by atoms with E-state index in [4.69, 9.17) is 9.97 Å². The van der Waals surface area contributed by atoms with Crippen LogP contribution < -0.4 is 0 Å². The van der Waals surface area contributed by atoms with E-state index in [1.54, 1.807) is 0 Å². The first-order valence-electron chi connectivity index (χ1n) is 20.5. The van der Waals surface area contributed by atoms with Gasteiger partial charge in [-0.05, 0) is 110 Å². The van der Waals surface area contributed by atoms with Gasteiger partial charge in [0, 0.05) is 38.1 Å². The summed E-state index contributed by atoms with van der Waals surface area (Å²) >= 11 is 1.88. The molecule has 0 saturated heterocycles. The van der Waals surface area contributed by atoms with Crippen LogP contribution in [0.3, 0.4) is 0 Å². The summed E-state index contributed by atoms with van der Waals surface area (Å²) in [5.74, 6) is 0. The van der Waals surface area contributed by atoms with Gasteiger partial charge < -0.3 is 0 Å². The monoisotopic (exact) mass is 780 g/mol. The zero-order chi connectivity index (χ0) is 39.6. The molecule has 8 aromatic carbocycles. The number of para-hydroxylation sites is 1. The highest BCUT2D eigenvalue weighted by Gasteiger charge is 2.50. The molecule has 0 saturated carbocycles. The fraction of sp³-hybridized carbons (Fsp3) is 0.0175. The molecule has 0 unspecified atom stereocenters. The number of fused-ring (bicyclic) bond motifs is 10. The zero-order valence-electron chi connectivity index (χ0n) is 32.6. The number of pyridine rings is 2. The van der Waals surface area contributed by atoms with E-state index in [0.29, 0.717) is 0 Å². The maximum absolute atomic E-state index is 5.28. The first kappa shape index (κ1) is 34.7. The average Bonchev–Trinajstić information content (AvgIpc) is 3.61. The van der Waals surface area contributed by atoms with E-state index in [2.05, 4.69) is 206 Å². The molecular weight excluding hydrogens is 745 g/mol. The number of hydrogen-bond donors (Lipinski definition) is 0. The highest BCUT2D eigenvalue weighted by molar-refractivity contribution is 7.99. The van der Waals surface area contributed by atoms with Crippen LogP contribution in [0.4, 0.5) is 0 Å². The predicted molar refractivity (Wildman–Crippen MR) is 248 cm³/mol. The molecule has 0 fully saturated rings. The minimum atomic E-state index is -0.527. The fourth-order valence-electron chi connectivity index (χ4n) is 9.67. The molecule has 0 radical (unpaired) electrons. The van der Waals surface area contributed by atoms with Crippen LogP contribution in [0.1, 0.15) is 22.3 Å². The third kappa shape index (κ3) is 5.43. The lowest BCUT2D eigenvalue weighted by Crippen LogP contribution is -2.32. The lowest BCUT2D eigenvalue weighted by atomic mass is 9.67. The topological polar surface area (TPSA) is 25.8 Å². The number of hydrogen-bond acceptors (Lipinski definition) is 3. The molecule has 2 nitrogen and oxygen atoms in total. The Labute approximate surface area is 353 Å². The van der Waals surface area contributed by atoms with Crippen molar-refractivity contribution < 1.29 is 0 Å². The molecule has 1 spiro atoms. The fourth-order valence-corrected chi connectivity index (χ4v) is 10.9. The van der Waals surface area contributed by atoms with Crippen LogP contribution in [-0.4, -0.2) is 9.97 Å². The Balaban J connectivity index is 1.06. The molecule has 3 heteroatoms. The molecule has 0 atom stereocenters. The van der Waals surface area contributed by atoms with Gasteiger partial charge in [0.25, 0.3) is 0 Å². The van der Waals surface area contributed by atoms with Crippen molar-refractivity contribution in [1.29, 1.82) is 0 Å². The summed E-state index contributed by atoms with van der Waals surface area (Å²) in [6, 6.07) is 77.4. The minimum absolute atomic E-state index is 0.527. The van der Waals surface area contributed by atoms with Crippen LogP contribution >= 0.6 is 11.8 Å². The SMILES string of the molecule is c1ccc(-c2cc(-c3ccccc3)nc(-c3cccc(-c4ccc5c(c4)C4(c6ccccc6Sc6ccccc64)c4cc(-c6cccc7cccnc67)ccc4-5)c3)c2)cc1. The number of aromatic nitrogens is 2. The number of nitrogens with zero attached hydrogens (tertiary/aromatic N) is 2. The van der Waals surface area contributed by atoms with Crippen molar-refractivity contribution in [2.24, 2.45) is 0 Å². The Bertz CT molecular complexity index is 3190. The van der Waals surface area contributed by atoms with Crippen LogP contribution in [0.5, 0.6) is 0 Å². The van der Waals surface area contributed by atoms with Crippen LogP contribution in [0.15, 0.2) is 228 Å². The summed E-state index contributed by atoms with van der Waals surface area (Å²) in [4.78, 5) is 12.7. The van der Waals surface area contributed by atoms with Gasteiger partial charge in [-0.25, -0.2) is 4.98 Å². The molecule has 10 aromatic rings. The summed E-state index contributed by atoms with van der Waals surface area (Å²) < 4.78 is 0. The molecular formula is C57H36N2S. The average molecular weight is 781 g/mol. The summed E-state index contributed by atoms with van der Waals surface area (Å²) in [6.45, 7) is 0. The van der Waals surface area contributed by atoms with Crippen molar-refractivity contribution in [1.82, 2.24) is 9.97 Å². The van der Waals surface area contributed by atoms with E-state index in [9.17, 15) is 0 Å². The van der Waals surface area contributed by atoms with Gasteiger partial charge in [-0.15, -0.1) is 0 Å². The quantitative estimate of drug-likeness (QED) is 0.174. The Morgan fingerprint density at radius 3 is 1.62 bits per heavy atom. The van der Waals surface area contributed by atoms with Gasteiger partial charge in [-0.2, -0.15) is 0 Å². The summed E-state index contributed by atoms with van der Waals surface area (Å²) in [5.41, 5.74) is 19.4. The van der Waals surface area contributed by atoms with Crippen LogP contribution in [0, 0.1) is 0 Å². The second kappa shape index (κ2) is 13.9. The van der Waals surface area contributed by atoms with Crippen LogP contribution in [-0.2, 0) is 5.41 Å². The Morgan fingerprint density at radius 1 is 0.333 bits per heavy atom. The third-order valence-corrected chi connectivity index (χ3v) is 13.5. The lowest BCUT2D eigenvalue weighted by Gasteiger charge is -2.40. The predicted octanol–water partition coefficient (Wildman–Crippen LogP) is 14.8. The maximum atomic E-state index is 5.28. The van der Waals surface area contributed by atoms with Crippen molar-refractivity contribution in [3.8, 4) is 67.0 Å². The third-order valence-electron chi connectivity index (χ3n) is 12.4. The molecule has 2 aliphatic rings. The second-order valence-electron chi connectivity index (χ2n) is 15.7. The molecule has 280 valence electrons. The van der Waals surface area contributed by atoms with Gasteiger partial charge >= 0.3 is 0 Å². The largest absolute Gasteiger partial charge is 0.256 e. The van der Waals surface area contributed by atoms with Gasteiger partial charge in [0.15, 0.2) is 0 Å². The van der Waals surface area contributed by atoms with E-state index in [0.717, 1.165) is 50.1 Å². The summed E-state index contributed by atoms with van der Waals surface area (Å²) in [7, 11) is 0. The van der Waals surface area contributed by atoms with Gasteiger partial charge in [0.2, 0.25) is 0 Å². The Kier molecular flexibility index (Phi) is 8.04. The number of benzene rings is 8. The lowest BCUT2D eigenvalue weighted by molar-refractivity contribution is 0.723. The van der Waals surface area contributed by atoms with E-state index in [1.165, 1.54) is 59.9 Å². The molecule has 0 bridgehead atoms. The van der Waals surface area contributed by atoms with E-state index < -0.39 is 5.41 Å². The highest BCUT2D eigenvalue weighted by atomic mass is 32.2. The minimum Gasteiger partial charge on any atom is -0.256 e. The first-order valence-corrected chi connectivity index (χ1v) is 21.3. The van der Waals surface area contributed by atoms with Crippen molar-refractivity contribution in [3.63, 3.8) is 0 Å². The molecule has 3 heterocycles. The first-order chi connectivity index (χ1) is 29.7. The van der Waals surface area contributed by atoms with Crippen LogP contribution in [0.2, 0.25) is 0 Å². The van der Waals surface area contributed by atoms with Crippen LogP contribution in [0.25, 0.3) is 77.9 Å². The van der Waals surface area contributed by atoms with E-state index in [-0.39, 0.29) is 0 Å². The molecule has 1 aliphatic heterocycles. The van der Waals surface area contributed by atoms with Crippen molar-refractivity contribution >= 4 is 22.7 Å². The second-order valence-corrected chi connectivity index (χ2v) is 16.8. The van der Waals surface area contributed by atoms with Crippen molar-refractivity contribution in [2.75, 3.05) is 0 Å². The van der Waals surface area contributed by atoms with Crippen molar-refractivity contribution in [3.05, 3.63) is 241 Å². The summed E-state index contributed by atoms with van der Waals surface area (Å²) in [6.07, 6.45) is 1.90. The van der Waals surface area contributed by atoms with Gasteiger partial charge in [-0.1, -0.05) is 176 Å². The highest BCUT2D eigenvalue weighted by Crippen LogP contribution is 2.63. The molecule has 0 amide bonds. The van der Waals surface area contributed by atoms with E-state index in [1.807, 2.05) is 24.0 Å². The normalized spacial score (nSPS) is 13.1. The zero-order valence-corrected chi connectivity index (χ0v) is 33.4. The molecule has 60 heavy (non-hydrogen) atoms. The smallest absolute Gasteiger partial charge is 0.0780 e. The van der Waals surface area contributed by atoms with Crippen molar-refractivity contribution in [2.45, 2.75) is 15.2 Å². The summed E-state index contributed by atoms with van der Waals surface area (Å²) in [5, 5.41) is 1.14. The van der Waals surface area contributed by atoms with Gasteiger partial charge in [-0.3, -0.25) is 4.98 Å². The number of rotatable bonds is 5. The molecule has 1 aliphatic carbocycles. The van der Waals surface area contributed by atoms with E-state index >= 15 is 0 Å². The molecule has 2 aromatic heterocycles. The molecule has 0 N–H and O–H groups in total. The maximum Gasteiger partial charge on any atom is 0.0780 e. The van der Waals surface area contributed by atoms with Gasteiger partial charge in [0.05, 0.1) is 22.3 Å². The Morgan fingerprint density at radius 2 is 0.883 bits per heavy atom. The molecule has 12 rings (SSSR count).